The quantitative estimate of drug-likeness (QED) is 0.893. The third kappa shape index (κ3) is 1.98. The minimum atomic E-state index is -0.694. The van der Waals surface area contributed by atoms with E-state index in [1.807, 2.05) is 23.1 Å². The lowest BCUT2D eigenvalue weighted by Gasteiger charge is -2.28. The zero-order valence-corrected chi connectivity index (χ0v) is 11.7. The molecule has 0 aromatic heterocycles. The lowest BCUT2D eigenvalue weighted by molar-refractivity contribution is 0.199. The van der Waals surface area contributed by atoms with Gasteiger partial charge in [0, 0.05) is 17.3 Å². The maximum Gasteiger partial charge on any atom is 0.147 e. The summed E-state index contributed by atoms with van der Waals surface area (Å²) in [5.41, 5.74) is 3.39. The largest absolute Gasteiger partial charge is 0.389 e. The van der Waals surface area contributed by atoms with Crippen LogP contribution in [0.2, 0.25) is 0 Å². The van der Waals surface area contributed by atoms with E-state index in [0.717, 1.165) is 12.1 Å². The Balaban J connectivity index is 2.19. The molecule has 1 N–H and O–H groups in total. The maximum atomic E-state index is 14.4. The first-order valence-electron chi connectivity index (χ1n) is 6.93. The Morgan fingerprint density at radius 3 is 2.70 bits per heavy atom. The number of nitrogens with zero attached hydrogens (tertiary/aromatic N) is 1. The second kappa shape index (κ2) is 4.91. The fourth-order valence-electron chi connectivity index (χ4n) is 3.03. The summed E-state index contributed by atoms with van der Waals surface area (Å²) in [6.07, 6.45) is 0.199. The highest BCUT2D eigenvalue weighted by Crippen LogP contribution is 2.42. The fourth-order valence-corrected chi connectivity index (χ4v) is 3.03. The van der Waals surface area contributed by atoms with E-state index in [1.165, 1.54) is 11.6 Å². The van der Waals surface area contributed by atoms with Crippen LogP contribution >= 0.6 is 0 Å². The molecule has 0 amide bonds. The molecular weight excluding hydrogens is 253 g/mol. The number of halogens is 1. The summed E-state index contributed by atoms with van der Waals surface area (Å²) in [5.74, 6) is -0.285. The first kappa shape index (κ1) is 13.1. The topological polar surface area (TPSA) is 23.5 Å². The highest BCUT2D eigenvalue weighted by Gasteiger charge is 2.30. The van der Waals surface area contributed by atoms with Crippen LogP contribution in [0.4, 0.5) is 15.8 Å². The van der Waals surface area contributed by atoms with Crippen molar-refractivity contribution < 1.29 is 9.50 Å². The van der Waals surface area contributed by atoms with Crippen molar-refractivity contribution in [2.45, 2.75) is 32.4 Å². The first-order chi connectivity index (χ1) is 9.59. The van der Waals surface area contributed by atoms with Crippen LogP contribution in [0.15, 0.2) is 42.5 Å². The van der Waals surface area contributed by atoms with Gasteiger partial charge in [0.25, 0.3) is 0 Å². The van der Waals surface area contributed by atoms with Crippen molar-refractivity contribution in [1.82, 2.24) is 0 Å². The van der Waals surface area contributed by atoms with Gasteiger partial charge < -0.3 is 10.0 Å². The summed E-state index contributed by atoms with van der Waals surface area (Å²) in [6.45, 7) is 3.75. The van der Waals surface area contributed by atoms with Gasteiger partial charge in [-0.25, -0.2) is 4.39 Å². The molecule has 2 aromatic rings. The molecule has 2 atom stereocenters. The van der Waals surface area contributed by atoms with Gasteiger partial charge in [-0.1, -0.05) is 30.3 Å². The van der Waals surface area contributed by atoms with Gasteiger partial charge in [-0.3, -0.25) is 0 Å². The monoisotopic (exact) mass is 271 g/mol. The third-order valence-corrected chi connectivity index (χ3v) is 3.92. The summed E-state index contributed by atoms with van der Waals surface area (Å²) < 4.78 is 14.4. The zero-order chi connectivity index (χ0) is 14.3. The molecular formula is C17H18FNO. The Hall–Kier alpha value is -1.87. The summed E-state index contributed by atoms with van der Waals surface area (Å²) in [5, 5.41) is 9.93. The van der Waals surface area contributed by atoms with Crippen LogP contribution in [0.5, 0.6) is 0 Å². The predicted octanol–water partition coefficient (Wildman–Crippen LogP) is 3.96. The van der Waals surface area contributed by atoms with E-state index in [1.54, 1.807) is 19.1 Å². The molecule has 0 spiro atoms. The Morgan fingerprint density at radius 2 is 1.95 bits per heavy atom. The molecule has 0 fully saturated rings. The molecule has 0 radical (unpaired) electrons. The number of para-hydroxylation sites is 2. The van der Waals surface area contributed by atoms with Crippen LogP contribution in [-0.2, 0) is 6.42 Å². The smallest absolute Gasteiger partial charge is 0.147 e. The van der Waals surface area contributed by atoms with E-state index in [2.05, 4.69) is 13.0 Å². The number of benzene rings is 2. The molecule has 3 rings (SSSR count). The van der Waals surface area contributed by atoms with Gasteiger partial charge in [0.2, 0.25) is 0 Å². The molecule has 20 heavy (non-hydrogen) atoms. The fraction of sp³-hybridized carbons (Fsp3) is 0.294. The van der Waals surface area contributed by atoms with E-state index >= 15 is 0 Å². The molecule has 1 unspecified atom stereocenters. The molecule has 1 aliphatic rings. The van der Waals surface area contributed by atoms with Gasteiger partial charge in [0.05, 0.1) is 11.8 Å². The first-order valence-corrected chi connectivity index (χ1v) is 6.93. The summed E-state index contributed by atoms with van der Waals surface area (Å²) in [7, 11) is 0. The molecule has 1 heterocycles. The molecule has 0 bridgehead atoms. The van der Waals surface area contributed by atoms with Gasteiger partial charge in [-0.2, -0.15) is 0 Å². The maximum absolute atomic E-state index is 14.4. The molecule has 0 aliphatic carbocycles. The van der Waals surface area contributed by atoms with Crippen molar-refractivity contribution in [2.75, 3.05) is 4.90 Å². The molecule has 2 nitrogen and oxygen atoms in total. The number of fused-ring (bicyclic) bond motifs is 1. The number of rotatable bonds is 2. The Morgan fingerprint density at radius 1 is 1.20 bits per heavy atom. The Bertz CT molecular complexity index is 639. The average Bonchev–Trinajstić information content (AvgIpc) is 2.74. The van der Waals surface area contributed by atoms with E-state index in [4.69, 9.17) is 0 Å². The van der Waals surface area contributed by atoms with Crippen LogP contribution in [-0.4, -0.2) is 11.1 Å². The molecule has 0 saturated heterocycles. The lowest BCUT2D eigenvalue weighted by Crippen LogP contribution is -2.26. The van der Waals surface area contributed by atoms with Gasteiger partial charge >= 0.3 is 0 Å². The van der Waals surface area contributed by atoms with Gasteiger partial charge in [0.1, 0.15) is 5.82 Å². The van der Waals surface area contributed by atoms with Gasteiger partial charge in [0.15, 0.2) is 0 Å². The van der Waals surface area contributed by atoms with Crippen molar-refractivity contribution in [3.05, 3.63) is 59.4 Å². The van der Waals surface area contributed by atoms with Crippen LogP contribution in [0.25, 0.3) is 0 Å². The van der Waals surface area contributed by atoms with Crippen molar-refractivity contribution in [1.29, 1.82) is 0 Å². The standard InChI is InChI=1S/C17H18FNO/c1-11-10-13-6-3-4-9-16(13)19(11)17-14(12(2)20)7-5-8-15(17)18/h3-9,11-12,20H,10H2,1-2H3/t11?,12-/m0/s1. The van der Waals surface area contributed by atoms with Gasteiger partial charge in [-0.15, -0.1) is 0 Å². The Kier molecular flexibility index (Phi) is 3.22. The second-order valence-corrected chi connectivity index (χ2v) is 5.41. The van der Waals surface area contributed by atoms with E-state index < -0.39 is 6.10 Å². The number of aliphatic hydroxyl groups is 1. The van der Waals surface area contributed by atoms with Gasteiger partial charge in [-0.05, 0) is 38.0 Å². The summed E-state index contributed by atoms with van der Waals surface area (Å²) in [4.78, 5) is 2.01. The third-order valence-electron chi connectivity index (χ3n) is 3.92. The highest BCUT2D eigenvalue weighted by molar-refractivity contribution is 5.73. The number of aliphatic hydroxyl groups excluding tert-OH is 1. The molecule has 104 valence electrons. The lowest BCUT2D eigenvalue weighted by atomic mass is 10.1. The van der Waals surface area contributed by atoms with Crippen LogP contribution in [0, 0.1) is 5.82 Å². The summed E-state index contributed by atoms with van der Waals surface area (Å²) >= 11 is 0. The van der Waals surface area contributed by atoms with Crippen molar-refractivity contribution in [3.8, 4) is 0 Å². The molecule has 2 aromatic carbocycles. The minimum Gasteiger partial charge on any atom is -0.389 e. The Labute approximate surface area is 118 Å². The van der Waals surface area contributed by atoms with E-state index in [9.17, 15) is 9.50 Å². The van der Waals surface area contributed by atoms with Crippen LogP contribution in [0.1, 0.15) is 31.1 Å². The van der Waals surface area contributed by atoms with E-state index in [-0.39, 0.29) is 11.9 Å². The number of anilines is 2. The van der Waals surface area contributed by atoms with Crippen molar-refractivity contribution in [2.24, 2.45) is 0 Å². The average molecular weight is 271 g/mol. The second-order valence-electron chi connectivity index (χ2n) is 5.41. The molecule has 3 heteroatoms. The van der Waals surface area contributed by atoms with Crippen LogP contribution in [0.3, 0.4) is 0 Å². The SMILES string of the molecule is CC1Cc2ccccc2N1c1c(F)cccc1[C@H](C)O. The number of hydrogen-bond donors (Lipinski definition) is 1. The summed E-state index contributed by atoms with van der Waals surface area (Å²) in [6, 6.07) is 13.1. The molecule has 1 aliphatic heterocycles. The predicted molar refractivity (Wildman–Crippen MR) is 78.8 cm³/mol. The normalized spacial score (nSPS) is 19.0. The molecule has 0 saturated carbocycles. The minimum absolute atomic E-state index is 0.182. The highest BCUT2D eigenvalue weighted by atomic mass is 19.1. The zero-order valence-electron chi connectivity index (χ0n) is 11.7. The van der Waals surface area contributed by atoms with Crippen molar-refractivity contribution >= 4 is 11.4 Å². The number of hydrogen-bond acceptors (Lipinski definition) is 2. The van der Waals surface area contributed by atoms with Crippen LogP contribution < -0.4 is 4.90 Å². The van der Waals surface area contributed by atoms with Crippen molar-refractivity contribution in [3.63, 3.8) is 0 Å². The van der Waals surface area contributed by atoms with E-state index in [0.29, 0.717) is 11.3 Å².